The minimum atomic E-state index is -0.183. The molecule has 1 aromatic carbocycles. The van der Waals surface area contributed by atoms with Gasteiger partial charge in [0, 0.05) is 17.9 Å². The first kappa shape index (κ1) is 17.6. The van der Waals surface area contributed by atoms with Crippen LogP contribution < -0.4 is 5.32 Å². The number of nitrogens with one attached hydrogen (secondary N) is 2. The van der Waals surface area contributed by atoms with Gasteiger partial charge in [-0.2, -0.15) is 5.10 Å². The van der Waals surface area contributed by atoms with Crippen LogP contribution in [-0.4, -0.2) is 41.5 Å². The summed E-state index contributed by atoms with van der Waals surface area (Å²) in [5, 5.41) is 10.1. The minimum absolute atomic E-state index is 0.0669. The first-order chi connectivity index (χ1) is 12.2. The maximum absolute atomic E-state index is 12.6. The summed E-state index contributed by atoms with van der Waals surface area (Å²) in [5.41, 5.74) is 3.46. The molecule has 1 aliphatic rings. The van der Waals surface area contributed by atoms with Crippen LogP contribution in [0, 0.1) is 6.92 Å². The van der Waals surface area contributed by atoms with E-state index in [0.29, 0.717) is 25.5 Å². The van der Waals surface area contributed by atoms with Crippen LogP contribution in [0.15, 0.2) is 30.3 Å². The van der Waals surface area contributed by atoms with Crippen LogP contribution in [0.2, 0.25) is 0 Å². The molecule has 25 heavy (non-hydrogen) atoms. The molecule has 0 saturated carbocycles. The van der Waals surface area contributed by atoms with Gasteiger partial charge in [-0.1, -0.05) is 37.3 Å². The Morgan fingerprint density at radius 2 is 2.20 bits per heavy atom. The molecule has 2 atom stereocenters. The SMILES string of the molecule is CCc1[nH]nc(C(=O)N[C@@H]2COCC[C@@H]2OCc2ccccc2)c1C. The number of ether oxygens (including phenoxy) is 2. The van der Waals surface area contributed by atoms with Crippen molar-refractivity contribution in [3.63, 3.8) is 0 Å². The lowest BCUT2D eigenvalue weighted by Gasteiger charge is -2.32. The lowest BCUT2D eigenvalue weighted by Crippen LogP contribution is -2.50. The fourth-order valence-electron chi connectivity index (χ4n) is 3.07. The third-order valence-electron chi connectivity index (χ3n) is 4.60. The number of carbonyl (C=O) groups excluding carboxylic acids is 1. The van der Waals surface area contributed by atoms with Crippen molar-refractivity contribution in [1.82, 2.24) is 15.5 Å². The van der Waals surface area contributed by atoms with E-state index >= 15 is 0 Å². The number of H-pyrrole nitrogens is 1. The molecule has 6 nitrogen and oxygen atoms in total. The zero-order valence-corrected chi connectivity index (χ0v) is 14.7. The lowest BCUT2D eigenvalue weighted by atomic mass is 10.1. The number of nitrogens with zero attached hydrogens (tertiary/aromatic N) is 1. The van der Waals surface area contributed by atoms with Gasteiger partial charge < -0.3 is 14.8 Å². The minimum Gasteiger partial charge on any atom is -0.379 e. The molecule has 0 radical (unpaired) electrons. The molecule has 0 aliphatic carbocycles. The van der Waals surface area contributed by atoms with Gasteiger partial charge in [-0.05, 0) is 25.3 Å². The number of carbonyl (C=O) groups is 1. The monoisotopic (exact) mass is 343 g/mol. The summed E-state index contributed by atoms with van der Waals surface area (Å²) in [7, 11) is 0. The number of aromatic amines is 1. The molecular formula is C19H25N3O3. The van der Waals surface area contributed by atoms with Gasteiger partial charge >= 0.3 is 0 Å². The number of aromatic nitrogens is 2. The zero-order chi connectivity index (χ0) is 17.6. The van der Waals surface area contributed by atoms with E-state index in [-0.39, 0.29) is 18.1 Å². The number of aryl methyl sites for hydroxylation is 1. The highest BCUT2D eigenvalue weighted by Crippen LogP contribution is 2.16. The van der Waals surface area contributed by atoms with Crippen LogP contribution in [0.25, 0.3) is 0 Å². The Hall–Kier alpha value is -2.18. The maximum atomic E-state index is 12.6. The zero-order valence-electron chi connectivity index (χ0n) is 14.7. The number of amides is 1. The van der Waals surface area contributed by atoms with Crippen molar-refractivity contribution < 1.29 is 14.3 Å². The molecule has 2 heterocycles. The normalized spacial score (nSPS) is 20.4. The van der Waals surface area contributed by atoms with Crippen molar-refractivity contribution in [3.8, 4) is 0 Å². The fourth-order valence-corrected chi connectivity index (χ4v) is 3.07. The van der Waals surface area contributed by atoms with E-state index in [2.05, 4.69) is 15.5 Å². The van der Waals surface area contributed by atoms with Gasteiger partial charge in [0.2, 0.25) is 0 Å². The Bertz CT molecular complexity index is 699. The maximum Gasteiger partial charge on any atom is 0.272 e. The summed E-state index contributed by atoms with van der Waals surface area (Å²) >= 11 is 0. The summed E-state index contributed by atoms with van der Waals surface area (Å²) in [6, 6.07) is 9.86. The van der Waals surface area contributed by atoms with Gasteiger partial charge in [-0.15, -0.1) is 0 Å². The predicted molar refractivity (Wildman–Crippen MR) is 94.4 cm³/mol. The largest absolute Gasteiger partial charge is 0.379 e. The first-order valence-corrected chi connectivity index (χ1v) is 8.77. The topological polar surface area (TPSA) is 76.2 Å². The molecule has 0 unspecified atom stereocenters. The summed E-state index contributed by atoms with van der Waals surface area (Å²) in [6.07, 6.45) is 1.52. The molecule has 134 valence electrons. The average Bonchev–Trinajstić information content (AvgIpc) is 3.02. The fraction of sp³-hybridized carbons (Fsp3) is 0.474. The van der Waals surface area contributed by atoms with Crippen LogP contribution in [0.3, 0.4) is 0 Å². The molecule has 3 rings (SSSR count). The number of rotatable bonds is 6. The molecule has 0 bridgehead atoms. The molecule has 2 aromatic rings. The lowest BCUT2D eigenvalue weighted by molar-refractivity contribution is -0.0605. The summed E-state index contributed by atoms with van der Waals surface area (Å²) in [5.74, 6) is -0.183. The van der Waals surface area contributed by atoms with E-state index in [1.54, 1.807) is 0 Å². The summed E-state index contributed by atoms with van der Waals surface area (Å²) in [6.45, 7) is 5.57. The Morgan fingerprint density at radius 3 is 2.92 bits per heavy atom. The average molecular weight is 343 g/mol. The highest BCUT2D eigenvalue weighted by molar-refractivity contribution is 5.94. The van der Waals surface area contributed by atoms with E-state index in [0.717, 1.165) is 29.7 Å². The van der Waals surface area contributed by atoms with Gasteiger partial charge in [0.05, 0.1) is 25.4 Å². The number of hydrogen-bond donors (Lipinski definition) is 2. The highest BCUT2D eigenvalue weighted by atomic mass is 16.5. The van der Waals surface area contributed by atoms with E-state index < -0.39 is 0 Å². The Labute approximate surface area is 147 Å². The smallest absolute Gasteiger partial charge is 0.272 e. The number of hydrogen-bond acceptors (Lipinski definition) is 4. The molecule has 1 aliphatic heterocycles. The molecule has 1 saturated heterocycles. The van der Waals surface area contributed by atoms with Crippen molar-refractivity contribution in [1.29, 1.82) is 0 Å². The molecular weight excluding hydrogens is 318 g/mol. The van der Waals surface area contributed by atoms with Crippen LogP contribution in [0.5, 0.6) is 0 Å². The van der Waals surface area contributed by atoms with Crippen LogP contribution >= 0.6 is 0 Å². The second-order valence-electron chi connectivity index (χ2n) is 6.31. The third kappa shape index (κ3) is 4.27. The van der Waals surface area contributed by atoms with Gasteiger partial charge in [0.15, 0.2) is 5.69 Å². The Morgan fingerprint density at radius 1 is 1.40 bits per heavy atom. The highest BCUT2D eigenvalue weighted by Gasteiger charge is 2.29. The third-order valence-corrected chi connectivity index (χ3v) is 4.60. The van der Waals surface area contributed by atoms with Gasteiger partial charge in [0.25, 0.3) is 5.91 Å². The molecule has 1 aromatic heterocycles. The van der Waals surface area contributed by atoms with E-state index in [4.69, 9.17) is 9.47 Å². The number of benzene rings is 1. The van der Waals surface area contributed by atoms with Crippen LogP contribution in [0.4, 0.5) is 0 Å². The van der Waals surface area contributed by atoms with E-state index in [1.807, 2.05) is 44.2 Å². The summed E-state index contributed by atoms with van der Waals surface area (Å²) in [4.78, 5) is 12.6. The van der Waals surface area contributed by atoms with Crippen LogP contribution in [0.1, 0.15) is 40.7 Å². The molecule has 1 fully saturated rings. The van der Waals surface area contributed by atoms with Crippen molar-refractivity contribution in [2.75, 3.05) is 13.2 Å². The van der Waals surface area contributed by atoms with Gasteiger partial charge in [0.1, 0.15) is 0 Å². The standard InChI is InChI=1S/C19H25N3O3/c1-3-15-13(2)18(22-21-15)19(23)20-16-12-24-10-9-17(16)25-11-14-7-5-4-6-8-14/h4-8,16-17H,3,9-12H2,1-2H3,(H,20,23)(H,21,22)/t16-,17+/m1/s1. The predicted octanol–water partition coefficient (Wildman–Crippen LogP) is 2.38. The van der Waals surface area contributed by atoms with Crippen molar-refractivity contribution in [2.24, 2.45) is 0 Å². The summed E-state index contributed by atoms with van der Waals surface area (Å²) < 4.78 is 11.6. The Balaban J connectivity index is 1.62. The van der Waals surface area contributed by atoms with Gasteiger partial charge in [-0.25, -0.2) is 0 Å². The van der Waals surface area contributed by atoms with Crippen molar-refractivity contribution in [3.05, 3.63) is 52.8 Å². The Kier molecular flexibility index (Phi) is 5.83. The molecule has 0 spiro atoms. The van der Waals surface area contributed by atoms with Crippen LogP contribution in [-0.2, 0) is 22.5 Å². The van der Waals surface area contributed by atoms with Crippen molar-refractivity contribution >= 4 is 5.91 Å². The quantitative estimate of drug-likeness (QED) is 0.844. The molecule has 1 amide bonds. The second kappa shape index (κ2) is 8.27. The first-order valence-electron chi connectivity index (χ1n) is 8.77. The molecule has 6 heteroatoms. The molecule has 2 N–H and O–H groups in total. The van der Waals surface area contributed by atoms with Crippen molar-refractivity contribution in [2.45, 2.75) is 45.4 Å². The second-order valence-corrected chi connectivity index (χ2v) is 6.31. The van der Waals surface area contributed by atoms with E-state index in [9.17, 15) is 4.79 Å². The van der Waals surface area contributed by atoms with Gasteiger partial charge in [-0.3, -0.25) is 9.89 Å². The van der Waals surface area contributed by atoms with E-state index in [1.165, 1.54) is 0 Å².